The van der Waals surface area contributed by atoms with Crippen LogP contribution in [0.2, 0.25) is 5.02 Å². The van der Waals surface area contributed by atoms with Crippen molar-refractivity contribution in [1.82, 2.24) is 40.6 Å². The van der Waals surface area contributed by atoms with E-state index in [1.165, 1.54) is 9.78 Å². The van der Waals surface area contributed by atoms with Gasteiger partial charge in [-0.3, -0.25) is 28.7 Å². The number of β-amino-alcohol motifs (C(OH)–C–C–N with tert-alkyl or cyclic N) is 1. The molecule has 2 aliphatic heterocycles. The molecule has 1 saturated carbocycles. The highest BCUT2D eigenvalue weighted by Gasteiger charge is 2.45. The number of benzene rings is 3. The number of aliphatic hydroxyl groups excluding tert-OH is 1. The highest BCUT2D eigenvalue weighted by atomic mass is 35.5. The predicted octanol–water partition coefficient (Wildman–Crippen LogP) is 8.26. The van der Waals surface area contributed by atoms with Crippen LogP contribution < -0.4 is 20.7 Å². The standard InChI is InChI=1S/C54H60ClN9O6S2/c1-28-31(4)72-53-46(28)47(35-16-18-37(55)19-17-35)59-42(50-62-61-32(5)64(50)53)25-45(67)58-38-22-41(23-38)70-40-11-9-10-33(20-40)21-44(66)60-49(54(6,7)8)52(69)63-26-39(65)24-43(63)51(68)57-29(2)34-12-14-36(15-13-34)48-30(3)56-27-71-48/h9-20,27,29,38-39,41-43,49,65H,21-26H2,1-8H3,(H,57,68)(H,58,67)(H,60,66)/t29-,38?,39+,41?,42-,43-,49?/m0/s1. The minimum atomic E-state index is -0.975. The van der Waals surface area contributed by atoms with Gasteiger partial charge in [0.25, 0.3) is 0 Å². The molecule has 5 atom stereocenters. The Labute approximate surface area is 432 Å². The van der Waals surface area contributed by atoms with Crippen LogP contribution in [0.4, 0.5) is 0 Å². The van der Waals surface area contributed by atoms with E-state index in [0.717, 1.165) is 54.9 Å². The molecule has 2 fully saturated rings. The summed E-state index contributed by atoms with van der Waals surface area (Å²) in [7, 11) is 0. The number of likely N-dealkylation sites (tertiary alicyclic amines) is 1. The minimum Gasteiger partial charge on any atom is -0.490 e. The topological polar surface area (TPSA) is 193 Å². The number of aliphatic hydroxyl groups is 1. The first-order valence-electron chi connectivity index (χ1n) is 24.3. The van der Waals surface area contributed by atoms with Gasteiger partial charge in [-0.15, -0.1) is 32.9 Å². The quantitative estimate of drug-likeness (QED) is 0.0832. The Morgan fingerprint density at radius 1 is 0.917 bits per heavy atom. The van der Waals surface area contributed by atoms with Crippen LogP contribution in [0.3, 0.4) is 0 Å². The number of ether oxygens (including phenoxy) is 1. The number of aliphatic imine (C=N–C) groups is 1. The molecule has 0 radical (unpaired) electrons. The Hall–Kier alpha value is -6.27. The summed E-state index contributed by atoms with van der Waals surface area (Å²) in [5.74, 6) is 0.606. The van der Waals surface area contributed by atoms with Crippen LogP contribution in [-0.4, -0.2) is 96.0 Å². The lowest BCUT2D eigenvalue weighted by molar-refractivity contribution is -0.144. The third kappa shape index (κ3) is 10.8. The van der Waals surface area contributed by atoms with Gasteiger partial charge >= 0.3 is 0 Å². The van der Waals surface area contributed by atoms with E-state index in [0.29, 0.717) is 35.0 Å². The van der Waals surface area contributed by atoms with E-state index >= 15 is 0 Å². The molecule has 3 aromatic carbocycles. The van der Waals surface area contributed by atoms with E-state index in [4.69, 9.17) is 21.3 Å². The Morgan fingerprint density at radius 2 is 1.64 bits per heavy atom. The fraction of sp³-hybridized carbons (Fsp3) is 0.407. The first kappa shape index (κ1) is 50.7. The molecule has 18 heteroatoms. The maximum absolute atomic E-state index is 14.3. The number of hydrogen-bond acceptors (Lipinski definition) is 12. The average molecular weight is 1030 g/mol. The first-order chi connectivity index (χ1) is 34.3. The number of thiophene rings is 1. The van der Waals surface area contributed by atoms with Gasteiger partial charge in [0.2, 0.25) is 23.6 Å². The number of amides is 4. The number of hydrogen-bond donors (Lipinski definition) is 4. The van der Waals surface area contributed by atoms with Crippen molar-refractivity contribution in [2.24, 2.45) is 10.4 Å². The van der Waals surface area contributed by atoms with Gasteiger partial charge in [0.05, 0.1) is 46.8 Å². The fourth-order valence-electron chi connectivity index (χ4n) is 9.71. The number of nitrogens with zero attached hydrogens (tertiary/aromatic N) is 6. The van der Waals surface area contributed by atoms with Gasteiger partial charge in [0, 0.05) is 52.9 Å². The smallest absolute Gasteiger partial charge is 0.246 e. The lowest BCUT2D eigenvalue weighted by atomic mass is 9.85. The van der Waals surface area contributed by atoms with E-state index in [1.54, 1.807) is 22.7 Å². The van der Waals surface area contributed by atoms with Crippen molar-refractivity contribution in [3.05, 3.63) is 133 Å². The van der Waals surface area contributed by atoms with Crippen molar-refractivity contribution < 1.29 is 29.0 Å². The lowest BCUT2D eigenvalue weighted by Crippen LogP contribution is -2.58. The van der Waals surface area contributed by atoms with Crippen LogP contribution in [-0.2, 0) is 25.6 Å². The number of fused-ring (bicyclic) bond motifs is 3. The van der Waals surface area contributed by atoms with Gasteiger partial charge in [-0.1, -0.05) is 80.9 Å². The summed E-state index contributed by atoms with van der Waals surface area (Å²) in [4.78, 5) is 68.8. The Morgan fingerprint density at radius 3 is 2.33 bits per heavy atom. The zero-order chi connectivity index (χ0) is 51.2. The Bertz CT molecular complexity index is 3040. The predicted molar refractivity (Wildman–Crippen MR) is 280 cm³/mol. The molecule has 0 bridgehead atoms. The van der Waals surface area contributed by atoms with E-state index in [9.17, 15) is 24.3 Å². The van der Waals surface area contributed by atoms with Gasteiger partial charge in [-0.2, -0.15) is 0 Å². The van der Waals surface area contributed by atoms with Crippen LogP contribution in [0.1, 0.15) is 115 Å². The molecule has 3 aliphatic rings. The number of rotatable bonds is 14. The molecule has 4 amide bonds. The number of carbonyl (C=O) groups is 4. The first-order valence-corrected chi connectivity index (χ1v) is 26.4. The maximum Gasteiger partial charge on any atom is 0.246 e. The summed E-state index contributed by atoms with van der Waals surface area (Å²) in [6, 6.07) is 19.9. The molecule has 3 aromatic heterocycles. The number of aromatic nitrogens is 4. The lowest BCUT2D eigenvalue weighted by Gasteiger charge is -2.36. The zero-order valence-corrected chi connectivity index (χ0v) is 44.0. The third-order valence-electron chi connectivity index (χ3n) is 13.8. The van der Waals surface area contributed by atoms with Crippen molar-refractivity contribution in [3.63, 3.8) is 0 Å². The van der Waals surface area contributed by atoms with Gasteiger partial charge in [-0.25, -0.2) is 4.98 Å². The molecular weight excluding hydrogens is 970 g/mol. The van der Waals surface area contributed by atoms with Crippen LogP contribution in [0.15, 0.2) is 83.3 Å². The Kier molecular flexibility index (Phi) is 14.6. The monoisotopic (exact) mass is 1030 g/mol. The summed E-state index contributed by atoms with van der Waals surface area (Å²) < 4.78 is 8.36. The molecule has 376 valence electrons. The van der Waals surface area contributed by atoms with Crippen molar-refractivity contribution in [2.45, 2.75) is 130 Å². The second kappa shape index (κ2) is 20.7. The molecule has 4 N–H and O–H groups in total. The van der Waals surface area contributed by atoms with Gasteiger partial charge < -0.3 is 30.7 Å². The highest BCUT2D eigenvalue weighted by Crippen LogP contribution is 2.40. The van der Waals surface area contributed by atoms with Crippen molar-refractivity contribution in [2.75, 3.05) is 6.54 Å². The number of carbonyl (C=O) groups excluding carboxylic acids is 4. The second-order valence-corrected chi connectivity index (χ2v) is 22.8. The molecule has 0 spiro atoms. The van der Waals surface area contributed by atoms with Gasteiger partial charge in [0.15, 0.2) is 5.82 Å². The molecule has 6 aromatic rings. The maximum atomic E-state index is 14.3. The van der Waals surface area contributed by atoms with Crippen LogP contribution in [0.5, 0.6) is 5.75 Å². The largest absolute Gasteiger partial charge is 0.490 e. The van der Waals surface area contributed by atoms with Crippen molar-refractivity contribution in [1.29, 1.82) is 0 Å². The van der Waals surface area contributed by atoms with E-state index in [-0.39, 0.29) is 61.7 Å². The van der Waals surface area contributed by atoms with Gasteiger partial charge in [-0.05, 0) is 86.6 Å². The highest BCUT2D eigenvalue weighted by molar-refractivity contribution is 7.15. The van der Waals surface area contributed by atoms with Crippen LogP contribution >= 0.6 is 34.3 Å². The summed E-state index contributed by atoms with van der Waals surface area (Å²) in [5.41, 5.74) is 8.50. The number of thiazole rings is 1. The molecule has 1 unspecified atom stereocenters. The molecule has 9 rings (SSSR count). The number of aryl methyl sites for hydroxylation is 3. The van der Waals surface area contributed by atoms with Crippen molar-refractivity contribution >= 4 is 63.6 Å². The van der Waals surface area contributed by atoms with E-state index in [1.807, 2.05) is 124 Å². The summed E-state index contributed by atoms with van der Waals surface area (Å²) in [5, 5.41) is 30.5. The second-order valence-electron chi connectivity index (χ2n) is 20.3. The SMILES string of the molecule is Cc1ncsc1-c1ccc([C@H](C)NC(=O)[C@@H]2C[C@@H](O)CN2C(=O)C(NC(=O)Cc2cccc(OC3CC(NC(=O)C[C@@H]4N=C(c5ccc(Cl)cc5)c5c(sc(C)c5C)-n5c(C)nnc54)C3)c2)C(C)(C)C)cc1. The fourth-order valence-corrected chi connectivity index (χ4v) is 11.9. The summed E-state index contributed by atoms with van der Waals surface area (Å²) in [6.07, 6.45) is 0.311. The van der Waals surface area contributed by atoms with E-state index < -0.39 is 35.6 Å². The summed E-state index contributed by atoms with van der Waals surface area (Å²) in [6.45, 7) is 15.5. The van der Waals surface area contributed by atoms with E-state index in [2.05, 4.69) is 45.0 Å². The normalized spacial score (nSPS) is 20.3. The molecule has 72 heavy (non-hydrogen) atoms. The zero-order valence-electron chi connectivity index (χ0n) is 41.7. The molecule has 5 heterocycles. The minimum absolute atomic E-state index is 0.0187. The summed E-state index contributed by atoms with van der Waals surface area (Å²) >= 11 is 9.51. The third-order valence-corrected chi connectivity index (χ3v) is 16.2. The average Bonchev–Trinajstić information content (AvgIpc) is 4.09. The number of halogens is 1. The van der Waals surface area contributed by atoms with Crippen molar-refractivity contribution in [3.8, 4) is 21.2 Å². The Balaban J connectivity index is 0.787. The van der Waals surface area contributed by atoms with Crippen LogP contribution in [0, 0.1) is 33.1 Å². The molecule has 1 saturated heterocycles. The molecule has 15 nitrogen and oxygen atoms in total. The van der Waals surface area contributed by atoms with Crippen LogP contribution in [0.25, 0.3) is 15.4 Å². The van der Waals surface area contributed by atoms with Gasteiger partial charge in [0.1, 0.15) is 40.8 Å². The number of nitrogens with one attached hydrogen (secondary N) is 3. The molecular formula is C54H60ClN9O6S2. The molecule has 1 aliphatic carbocycles.